The molecule has 0 saturated carbocycles. The molecule has 15 heteroatoms. The number of nitrogens with zero attached hydrogens (tertiary/aromatic N) is 4. The molecular formula is C31H31BrN6O6S2. The van der Waals surface area contributed by atoms with Crippen molar-refractivity contribution >= 4 is 61.2 Å². The van der Waals surface area contributed by atoms with Crippen LogP contribution in [-0.2, 0) is 26.1 Å². The van der Waals surface area contributed by atoms with Crippen LogP contribution in [0.25, 0.3) is 5.69 Å². The first-order chi connectivity index (χ1) is 22.2. The fraction of sp³-hybridized carbons (Fsp3) is 0.258. The van der Waals surface area contributed by atoms with Crippen molar-refractivity contribution in [3.05, 3.63) is 94.2 Å². The Morgan fingerprint density at radius 3 is 2.22 bits per heavy atom. The first-order valence-corrected chi connectivity index (χ1v) is 17.7. The van der Waals surface area contributed by atoms with Gasteiger partial charge in [0, 0.05) is 34.5 Å². The van der Waals surface area contributed by atoms with Gasteiger partial charge in [-0.1, -0.05) is 27.7 Å². The predicted molar refractivity (Wildman–Crippen MR) is 176 cm³/mol. The number of hydrogen-bond acceptors (Lipinski definition) is 9. The number of thioether (sulfide) groups is 1. The van der Waals surface area contributed by atoms with E-state index in [9.17, 15) is 22.8 Å². The van der Waals surface area contributed by atoms with E-state index in [1.807, 2.05) is 24.3 Å². The molecule has 1 aromatic heterocycles. The molecule has 2 N–H and O–H groups in total. The van der Waals surface area contributed by atoms with Gasteiger partial charge in [-0.2, -0.15) is 4.31 Å². The normalized spacial score (nSPS) is 13.3. The number of amides is 2. The summed E-state index contributed by atoms with van der Waals surface area (Å²) in [5, 5.41) is 14.6. The SMILES string of the molecule is CCOC(=O)c1ccc(NC(=O)CSc2nnc(CNC(=O)c3ccc(S(=O)(=O)N4CCCC4)cc3)n2-c2ccc(Br)cc2)cc1. The second kappa shape index (κ2) is 15.0. The third-order valence-electron chi connectivity index (χ3n) is 7.02. The van der Waals surface area contributed by atoms with E-state index in [1.165, 1.54) is 40.3 Å². The molecule has 2 amide bonds. The lowest BCUT2D eigenvalue weighted by Gasteiger charge is -2.15. The van der Waals surface area contributed by atoms with E-state index in [-0.39, 0.29) is 29.7 Å². The molecule has 5 rings (SSSR count). The summed E-state index contributed by atoms with van der Waals surface area (Å²) in [4.78, 5) is 37.8. The first-order valence-electron chi connectivity index (χ1n) is 14.4. The second-order valence-corrected chi connectivity index (χ2v) is 14.0. The third kappa shape index (κ3) is 8.02. The quantitative estimate of drug-likeness (QED) is 0.157. The van der Waals surface area contributed by atoms with E-state index in [4.69, 9.17) is 4.74 Å². The average Bonchev–Trinajstić information content (AvgIpc) is 3.75. The summed E-state index contributed by atoms with van der Waals surface area (Å²) in [7, 11) is -3.58. The summed E-state index contributed by atoms with van der Waals surface area (Å²) in [6, 6.07) is 19.7. The Bertz CT molecular complexity index is 1810. The first kappa shape index (κ1) is 33.3. The summed E-state index contributed by atoms with van der Waals surface area (Å²) < 4.78 is 34.7. The number of rotatable bonds is 12. The van der Waals surface area contributed by atoms with Crippen LogP contribution in [0, 0.1) is 0 Å². The van der Waals surface area contributed by atoms with Crippen LogP contribution in [0.5, 0.6) is 0 Å². The largest absolute Gasteiger partial charge is 0.462 e. The Morgan fingerprint density at radius 2 is 1.57 bits per heavy atom. The standard InChI is InChI=1S/C31H31BrN6O6S2/c1-2-44-30(41)22-5-11-24(12-6-22)34-28(39)20-45-31-36-35-27(38(31)25-13-9-23(32)10-14-25)19-33-29(40)21-7-15-26(16-8-21)46(42,43)37-17-3-4-18-37/h5-16H,2-4,17-20H2,1H3,(H,33,40)(H,34,39). The van der Waals surface area contributed by atoms with Gasteiger partial charge in [0.15, 0.2) is 11.0 Å². The zero-order valence-corrected chi connectivity index (χ0v) is 28.0. The zero-order chi connectivity index (χ0) is 32.7. The number of carbonyl (C=O) groups excluding carboxylic acids is 3. The lowest BCUT2D eigenvalue weighted by Crippen LogP contribution is -2.28. The van der Waals surface area contributed by atoms with Crippen molar-refractivity contribution in [1.29, 1.82) is 0 Å². The Hall–Kier alpha value is -4.05. The molecule has 3 aromatic carbocycles. The number of aromatic nitrogens is 3. The van der Waals surface area contributed by atoms with Gasteiger partial charge >= 0.3 is 5.97 Å². The minimum absolute atomic E-state index is 0.0212. The number of sulfonamides is 1. The molecule has 4 aromatic rings. The third-order valence-corrected chi connectivity index (χ3v) is 10.4. The number of esters is 1. The fourth-order valence-electron chi connectivity index (χ4n) is 4.71. The summed E-state index contributed by atoms with van der Waals surface area (Å²) in [5.41, 5.74) is 1.94. The van der Waals surface area contributed by atoms with Crippen molar-refractivity contribution in [2.24, 2.45) is 0 Å². The molecule has 240 valence electrons. The Morgan fingerprint density at radius 1 is 0.913 bits per heavy atom. The van der Waals surface area contributed by atoms with Crippen LogP contribution in [0.3, 0.4) is 0 Å². The lowest BCUT2D eigenvalue weighted by molar-refractivity contribution is -0.113. The molecule has 46 heavy (non-hydrogen) atoms. The van der Waals surface area contributed by atoms with Gasteiger partial charge in [0.25, 0.3) is 5.91 Å². The highest BCUT2D eigenvalue weighted by atomic mass is 79.9. The molecule has 0 radical (unpaired) electrons. The minimum Gasteiger partial charge on any atom is -0.462 e. The van der Waals surface area contributed by atoms with Crippen LogP contribution in [0.1, 0.15) is 46.3 Å². The molecule has 0 aliphatic carbocycles. The molecule has 1 saturated heterocycles. The number of carbonyl (C=O) groups is 3. The maximum absolute atomic E-state index is 13.0. The van der Waals surface area contributed by atoms with Gasteiger partial charge in [0.1, 0.15) is 0 Å². The highest BCUT2D eigenvalue weighted by Crippen LogP contribution is 2.25. The van der Waals surface area contributed by atoms with E-state index >= 15 is 0 Å². The number of ether oxygens (including phenoxy) is 1. The highest BCUT2D eigenvalue weighted by molar-refractivity contribution is 9.10. The monoisotopic (exact) mass is 726 g/mol. The highest BCUT2D eigenvalue weighted by Gasteiger charge is 2.27. The molecule has 0 unspecified atom stereocenters. The second-order valence-electron chi connectivity index (χ2n) is 10.2. The van der Waals surface area contributed by atoms with Crippen molar-refractivity contribution < 1.29 is 27.5 Å². The number of hydrogen-bond donors (Lipinski definition) is 2. The minimum atomic E-state index is -3.58. The molecule has 2 heterocycles. The van der Waals surface area contributed by atoms with Crippen molar-refractivity contribution in [2.75, 3.05) is 30.8 Å². The van der Waals surface area contributed by atoms with Crippen molar-refractivity contribution in [3.63, 3.8) is 0 Å². The zero-order valence-electron chi connectivity index (χ0n) is 24.8. The van der Waals surface area contributed by atoms with Crippen molar-refractivity contribution in [1.82, 2.24) is 24.4 Å². The van der Waals surface area contributed by atoms with Crippen LogP contribution in [-0.4, -0.2) is 70.7 Å². The maximum atomic E-state index is 13.0. The van der Waals surface area contributed by atoms with E-state index in [2.05, 4.69) is 36.8 Å². The topological polar surface area (TPSA) is 153 Å². The van der Waals surface area contributed by atoms with Crippen LogP contribution in [0.2, 0.25) is 0 Å². The van der Waals surface area contributed by atoms with E-state index < -0.39 is 21.9 Å². The summed E-state index contributed by atoms with van der Waals surface area (Å²) in [5.74, 6) is -0.673. The molecular weight excluding hydrogens is 696 g/mol. The molecule has 0 bridgehead atoms. The van der Waals surface area contributed by atoms with E-state index in [0.717, 1.165) is 23.0 Å². The molecule has 1 aliphatic heterocycles. The van der Waals surface area contributed by atoms with Gasteiger partial charge in [-0.25, -0.2) is 13.2 Å². The van der Waals surface area contributed by atoms with Crippen LogP contribution < -0.4 is 10.6 Å². The van der Waals surface area contributed by atoms with Crippen LogP contribution in [0.4, 0.5) is 5.69 Å². The van der Waals surface area contributed by atoms with Gasteiger partial charge in [-0.05, 0) is 92.6 Å². The van der Waals surface area contributed by atoms with Gasteiger partial charge < -0.3 is 15.4 Å². The predicted octanol–water partition coefficient (Wildman–Crippen LogP) is 4.65. The van der Waals surface area contributed by atoms with E-state index in [1.54, 1.807) is 35.8 Å². The van der Waals surface area contributed by atoms with Gasteiger partial charge in [0.2, 0.25) is 15.9 Å². The summed E-state index contributed by atoms with van der Waals surface area (Å²) in [6.45, 7) is 3.03. The average molecular weight is 728 g/mol. The number of benzene rings is 3. The molecule has 12 nitrogen and oxygen atoms in total. The van der Waals surface area contributed by atoms with E-state index in [0.29, 0.717) is 40.9 Å². The number of halogens is 1. The van der Waals surface area contributed by atoms with Crippen LogP contribution >= 0.6 is 27.7 Å². The summed E-state index contributed by atoms with van der Waals surface area (Å²) in [6.07, 6.45) is 1.68. The Balaban J connectivity index is 1.25. The smallest absolute Gasteiger partial charge is 0.338 e. The molecule has 0 spiro atoms. The van der Waals surface area contributed by atoms with Gasteiger partial charge in [-0.3, -0.25) is 14.2 Å². The lowest BCUT2D eigenvalue weighted by atomic mass is 10.2. The number of nitrogens with one attached hydrogen (secondary N) is 2. The Labute approximate surface area is 279 Å². The van der Waals surface area contributed by atoms with Gasteiger partial charge in [0.05, 0.1) is 29.4 Å². The number of anilines is 1. The molecule has 1 aliphatic rings. The summed E-state index contributed by atoms with van der Waals surface area (Å²) >= 11 is 4.61. The van der Waals surface area contributed by atoms with Crippen LogP contribution in [0.15, 0.2) is 87.3 Å². The molecule has 1 fully saturated rings. The maximum Gasteiger partial charge on any atom is 0.338 e. The fourth-order valence-corrected chi connectivity index (χ4v) is 7.26. The Kier molecular flexibility index (Phi) is 10.9. The van der Waals surface area contributed by atoms with Crippen molar-refractivity contribution in [3.8, 4) is 5.69 Å². The van der Waals surface area contributed by atoms with Gasteiger partial charge in [-0.15, -0.1) is 10.2 Å². The molecule has 0 atom stereocenters. The van der Waals surface area contributed by atoms with Crippen molar-refractivity contribution in [2.45, 2.75) is 36.4 Å².